The molecule has 0 unspecified atom stereocenters. The van der Waals surface area contributed by atoms with E-state index < -0.39 is 6.10 Å². The van der Waals surface area contributed by atoms with E-state index in [9.17, 15) is 14.3 Å². The van der Waals surface area contributed by atoms with Crippen LogP contribution in [0.25, 0.3) is 0 Å². The van der Waals surface area contributed by atoms with Gasteiger partial charge in [-0.1, -0.05) is 12.1 Å². The Morgan fingerprint density at radius 3 is 2.61 bits per heavy atom. The van der Waals surface area contributed by atoms with Crippen molar-refractivity contribution in [3.8, 4) is 0 Å². The van der Waals surface area contributed by atoms with E-state index in [2.05, 4.69) is 4.98 Å². The fourth-order valence-electron chi connectivity index (χ4n) is 3.03. The molecule has 2 aromatic rings. The minimum Gasteiger partial charge on any atom is -0.391 e. The number of aliphatic hydroxyl groups excluding tert-OH is 1. The number of aryl methyl sites for hydroxylation is 1. The number of pyridine rings is 1. The molecule has 120 valence electrons. The molecule has 2 heterocycles. The first-order valence-corrected chi connectivity index (χ1v) is 7.75. The lowest BCUT2D eigenvalue weighted by Crippen LogP contribution is -2.31. The van der Waals surface area contributed by atoms with Crippen LogP contribution in [0.4, 0.5) is 4.39 Å². The summed E-state index contributed by atoms with van der Waals surface area (Å²) in [5.41, 5.74) is 1.92. The summed E-state index contributed by atoms with van der Waals surface area (Å²) >= 11 is 0. The molecule has 1 saturated heterocycles. The SMILES string of the molecule is O=C(CCc1ccncc1)N1C[C@H](O)C[C@H]1c1ccc(F)cc1. The van der Waals surface area contributed by atoms with Crippen LogP contribution in [0.2, 0.25) is 0 Å². The summed E-state index contributed by atoms with van der Waals surface area (Å²) in [6, 6.07) is 9.74. The number of hydrogen-bond donors (Lipinski definition) is 1. The molecule has 1 aliphatic rings. The minimum atomic E-state index is -0.532. The third-order valence-corrected chi connectivity index (χ3v) is 4.23. The molecule has 1 aliphatic heterocycles. The normalized spacial score (nSPS) is 20.7. The Kier molecular flexibility index (Phi) is 4.67. The molecule has 0 bridgehead atoms. The van der Waals surface area contributed by atoms with E-state index in [1.54, 1.807) is 29.4 Å². The number of hydrogen-bond acceptors (Lipinski definition) is 3. The summed E-state index contributed by atoms with van der Waals surface area (Å²) in [5.74, 6) is -0.296. The average Bonchev–Trinajstić information content (AvgIpc) is 2.96. The van der Waals surface area contributed by atoms with Gasteiger partial charge >= 0.3 is 0 Å². The van der Waals surface area contributed by atoms with Gasteiger partial charge < -0.3 is 10.0 Å². The maximum Gasteiger partial charge on any atom is 0.223 e. The molecule has 1 aromatic heterocycles. The number of nitrogens with zero attached hydrogens (tertiary/aromatic N) is 2. The number of aromatic nitrogens is 1. The Morgan fingerprint density at radius 2 is 1.91 bits per heavy atom. The zero-order chi connectivity index (χ0) is 16.2. The number of halogens is 1. The van der Waals surface area contributed by atoms with Crippen molar-refractivity contribution in [2.75, 3.05) is 6.54 Å². The zero-order valence-electron chi connectivity index (χ0n) is 12.7. The molecule has 0 aliphatic carbocycles. The van der Waals surface area contributed by atoms with E-state index >= 15 is 0 Å². The number of benzene rings is 1. The maximum atomic E-state index is 13.1. The van der Waals surface area contributed by atoms with E-state index in [4.69, 9.17) is 0 Å². The lowest BCUT2D eigenvalue weighted by atomic mass is 10.0. The van der Waals surface area contributed by atoms with Crippen LogP contribution in [0, 0.1) is 5.82 Å². The van der Waals surface area contributed by atoms with Gasteiger partial charge in [-0.15, -0.1) is 0 Å². The highest BCUT2D eigenvalue weighted by Crippen LogP contribution is 2.32. The van der Waals surface area contributed by atoms with Crippen LogP contribution in [0.3, 0.4) is 0 Å². The second-order valence-corrected chi connectivity index (χ2v) is 5.86. The largest absolute Gasteiger partial charge is 0.391 e. The molecule has 1 amide bonds. The fourth-order valence-corrected chi connectivity index (χ4v) is 3.03. The smallest absolute Gasteiger partial charge is 0.223 e. The number of likely N-dealkylation sites (tertiary alicyclic amines) is 1. The van der Waals surface area contributed by atoms with Crippen LogP contribution in [0.5, 0.6) is 0 Å². The number of aliphatic hydroxyl groups is 1. The van der Waals surface area contributed by atoms with Gasteiger partial charge in [0, 0.05) is 25.4 Å². The van der Waals surface area contributed by atoms with E-state index in [0.717, 1.165) is 11.1 Å². The highest BCUT2D eigenvalue weighted by atomic mass is 19.1. The highest BCUT2D eigenvalue weighted by Gasteiger charge is 2.34. The molecule has 1 N–H and O–H groups in total. The molecule has 2 atom stereocenters. The van der Waals surface area contributed by atoms with Crippen LogP contribution >= 0.6 is 0 Å². The molecule has 0 spiro atoms. The molecule has 3 rings (SSSR count). The predicted molar refractivity (Wildman–Crippen MR) is 84.0 cm³/mol. The standard InChI is InChI=1S/C18H19FN2O2/c19-15-4-2-14(3-5-15)17-11-16(22)12-21(17)18(23)6-1-13-7-9-20-10-8-13/h2-5,7-10,16-17,22H,1,6,11-12H2/t16-,17+/m1/s1. The number of carbonyl (C=O) groups excluding carboxylic acids is 1. The third kappa shape index (κ3) is 3.74. The van der Waals surface area contributed by atoms with Gasteiger partial charge in [0.2, 0.25) is 5.91 Å². The van der Waals surface area contributed by atoms with Crippen molar-refractivity contribution in [3.63, 3.8) is 0 Å². The molecule has 1 aromatic carbocycles. The van der Waals surface area contributed by atoms with Gasteiger partial charge in [0.05, 0.1) is 12.1 Å². The second kappa shape index (κ2) is 6.87. The topological polar surface area (TPSA) is 53.4 Å². The lowest BCUT2D eigenvalue weighted by Gasteiger charge is -2.25. The third-order valence-electron chi connectivity index (χ3n) is 4.23. The van der Waals surface area contributed by atoms with Crippen molar-refractivity contribution < 1.29 is 14.3 Å². The molecular weight excluding hydrogens is 295 g/mol. The summed E-state index contributed by atoms with van der Waals surface area (Å²) in [7, 11) is 0. The van der Waals surface area contributed by atoms with Crippen LogP contribution < -0.4 is 0 Å². The quantitative estimate of drug-likeness (QED) is 0.943. The highest BCUT2D eigenvalue weighted by molar-refractivity contribution is 5.77. The number of rotatable bonds is 4. The van der Waals surface area contributed by atoms with Gasteiger partial charge in [0.25, 0.3) is 0 Å². The molecule has 5 heteroatoms. The Hall–Kier alpha value is -2.27. The van der Waals surface area contributed by atoms with Crippen molar-refractivity contribution in [3.05, 3.63) is 65.7 Å². The fraction of sp³-hybridized carbons (Fsp3) is 0.333. The van der Waals surface area contributed by atoms with Gasteiger partial charge in [-0.25, -0.2) is 4.39 Å². The lowest BCUT2D eigenvalue weighted by molar-refractivity contribution is -0.132. The Labute approximate surface area is 134 Å². The molecular formula is C18H19FN2O2. The van der Waals surface area contributed by atoms with Crippen molar-refractivity contribution in [1.29, 1.82) is 0 Å². The van der Waals surface area contributed by atoms with Gasteiger partial charge in [-0.2, -0.15) is 0 Å². The Bertz CT molecular complexity index is 660. The van der Waals surface area contributed by atoms with Crippen LogP contribution in [0.15, 0.2) is 48.8 Å². The molecule has 0 radical (unpaired) electrons. The first-order valence-electron chi connectivity index (χ1n) is 7.75. The molecule has 4 nitrogen and oxygen atoms in total. The summed E-state index contributed by atoms with van der Waals surface area (Å²) < 4.78 is 13.1. The van der Waals surface area contributed by atoms with Gasteiger partial charge in [-0.3, -0.25) is 9.78 Å². The number of carbonyl (C=O) groups is 1. The monoisotopic (exact) mass is 314 g/mol. The van der Waals surface area contributed by atoms with Gasteiger partial charge in [0.15, 0.2) is 0 Å². The van der Waals surface area contributed by atoms with Crippen LogP contribution in [-0.2, 0) is 11.2 Å². The molecule has 23 heavy (non-hydrogen) atoms. The number of β-amino-alcohol motifs (C(OH)–C–C–N with tert-alkyl or cyclic N) is 1. The first kappa shape index (κ1) is 15.6. The van der Waals surface area contributed by atoms with Crippen molar-refractivity contribution in [1.82, 2.24) is 9.88 Å². The summed E-state index contributed by atoms with van der Waals surface area (Å²) in [4.78, 5) is 18.2. The maximum absolute atomic E-state index is 13.1. The van der Waals surface area contributed by atoms with Crippen molar-refractivity contribution in [2.45, 2.75) is 31.4 Å². The van der Waals surface area contributed by atoms with Crippen molar-refractivity contribution in [2.24, 2.45) is 0 Å². The van der Waals surface area contributed by atoms with E-state index in [0.29, 0.717) is 25.8 Å². The Morgan fingerprint density at radius 1 is 1.22 bits per heavy atom. The van der Waals surface area contributed by atoms with E-state index in [-0.39, 0.29) is 17.8 Å². The Balaban J connectivity index is 1.69. The second-order valence-electron chi connectivity index (χ2n) is 5.86. The number of amides is 1. The first-order chi connectivity index (χ1) is 11.1. The van der Waals surface area contributed by atoms with Gasteiger partial charge in [0.1, 0.15) is 5.82 Å². The minimum absolute atomic E-state index is 0.00712. The van der Waals surface area contributed by atoms with Crippen LogP contribution in [0.1, 0.15) is 30.0 Å². The molecule has 1 fully saturated rings. The zero-order valence-corrected chi connectivity index (χ0v) is 12.7. The predicted octanol–water partition coefficient (Wildman–Crippen LogP) is 2.49. The van der Waals surface area contributed by atoms with Gasteiger partial charge in [-0.05, 0) is 48.2 Å². The van der Waals surface area contributed by atoms with E-state index in [1.165, 1.54) is 12.1 Å². The molecule has 0 saturated carbocycles. The summed E-state index contributed by atoms with van der Waals surface area (Å²) in [6.45, 7) is 0.331. The average molecular weight is 314 g/mol. The summed E-state index contributed by atoms with van der Waals surface area (Å²) in [6.07, 6.45) is 4.40. The van der Waals surface area contributed by atoms with E-state index in [1.807, 2.05) is 12.1 Å². The summed E-state index contributed by atoms with van der Waals surface area (Å²) in [5, 5.41) is 9.94. The van der Waals surface area contributed by atoms with Crippen molar-refractivity contribution >= 4 is 5.91 Å². The van der Waals surface area contributed by atoms with Crippen LogP contribution in [-0.4, -0.2) is 33.5 Å².